The molecule has 0 aliphatic carbocycles. The van der Waals surface area contributed by atoms with Gasteiger partial charge in [-0.1, -0.05) is 51.1 Å². The molecule has 2 N–H and O–H groups in total. The van der Waals surface area contributed by atoms with Crippen LogP contribution in [0, 0.1) is 5.92 Å². The Labute approximate surface area is 115 Å². The van der Waals surface area contributed by atoms with Crippen LogP contribution in [0.4, 0.5) is 0 Å². The maximum absolute atomic E-state index is 12.2. The quantitative estimate of drug-likeness (QED) is 0.870. The molecule has 0 radical (unpaired) electrons. The summed E-state index contributed by atoms with van der Waals surface area (Å²) in [4.78, 5) is 12.2. The molecule has 19 heavy (non-hydrogen) atoms. The largest absolute Gasteiger partial charge is 0.354 e. The first-order chi connectivity index (χ1) is 9.00. The Hall–Kier alpha value is -1.35. The second-order valence-corrected chi connectivity index (χ2v) is 6.17. The minimum atomic E-state index is -0.0429. The van der Waals surface area contributed by atoms with Gasteiger partial charge in [0.2, 0.25) is 5.91 Å². The molecule has 2 atom stereocenters. The third kappa shape index (κ3) is 3.35. The molecule has 104 valence electrons. The summed E-state index contributed by atoms with van der Waals surface area (Å²) in [5, 5.41) is 6.36. The fourth-order valence-corrected chi connectivity index (χ4v) is 2.59. The van der Waals surface area contributed by atoms with E-state index in [9.17, 15) is 4.79 Å². The summed E-state index contributed by atoms with van der Waals surface area (Å²) >= 11 is 0. The summed E-state index contributed by atoms with van der Waals surface area (Å²) in [5.74, 6) is 0.564. The van der Waals surface area contributed by atoms with Crippen LogP contribution in [0.1, 0.15) is 32.8 Å². The van der Waals surface area contributed by atoms with Crippen LogP contribution in [0.5, 0.6) is 0 Å². The van der Waals surface area contributed by atoms with Crippen molar-refractivity contribution in [2.45, 2.75) is 38.6 Å². The van der Waals surface area contributed by atoms with E-state index in [1.54, 1.807) is 0 Å². The Morgan fingerprint density at radius 1 is 1.37 bits per heavy atom. The number of benzene rings is 1. The van der Waals surface area contributed by atoms with E-state index in [2.05, 4.69) is 43.5 Å². The van der Waals surface area contributed by atoms with Gasteiger partial charge >= 0.3 is 0 Å². The summed E-state index contributed by atoms with van der Waals surface area (Å²) in [7, 11) is 0. The van der Waals surface area contributed by atoms with Gasteiger partial charge in [-0.05, 0) is 24.4 Å². The van der Waals surface area contributed by atoms with Crippen LogP contribution in [0.25, 0.3) is 0 Å². The zero-order valence-corrected chi connectivity index (χ0v) is 12.1. The van der Waals surface area contributed by atoms with Crippen molar-refractivity contribution in [3.8, 4) is 0 Å². The minimum absolute atomic E-state index is 0.0217. The predicted molar refractivity (Wildman–Crippen MR) is 78.0 cm³/mol. The van der Waals surface area contributed by atoms with Crippen molar-refractivity contribution >= 4 is 5.91 Å². The van der Waals surface area contributed by atoms with Gasteiger partial charge in [0.15, 0.2) is 0 Å². The molecule has 0 spiro atoms. The monoisotopic (exact) mass is 260 g/mol. The van der Waals surface area contributed by atoms with Crippen molar-refractivity contribution in [2.75, 3.05) is 13.1 Å². The fraction of sp³-hybridized carbons (Fsp3) is 0.562. The first-order valence-electron chi connectivity index (χ1n) is 7.07. The summed E-state index contributed by atoms with van der Waals surface area (Å²) < 4.78 is 0. The lowest BCUT2D eigenvalue weighted by molar-refractivity contribution is -0.123. The van der Waals surface area contributed by atoms with Crippen LogP contribution in [-0.4, -0.2) is 25.0 Å². The van der Waals surface area contributed by atoms with Crippen molar-refractivity contribution < 1.29 is 4.79 Å². The zero-order valence-electron chi connectivity index (χ0n) is 12.1. The first kappa shape index (κ1) is 14.1. The minimum Gasteiger partial charge on any atom is -0.354 e. The molecule has 3 nitrogen and oxygen atoms in total. The number of rotatable bonds is 4. The summed E-state index contributed by atoms with van der Waals surface area (Å²) in [6.07, 6.45) is 1.08. The van der Waals surface area contributed by atoms with E-state index in [4.69, 9.17) is 0 Å². The molecule has 2 unspecified atom stereocenters. The number of hydrogen-bond donors (Lipinski definition) is 2. The highest BCUT2D eigenvalue weighted by molar-refractivity contribution is 5.82. The fourth-order valence-electron chi connectivity index (χ4n) is 2.59. The molecule has 0 bridgehead atoms. The number of nitrogens with one attached hydrogen (secondary N) is 2. The van der Waals surface area contributed by atoms with E-state index < -0.39 is 0 Å². The summed E-state index contributed by atoms with van der Waals surface area (Å²) in [5.41, 5.74) is 1.21. The predicted octanol–water partition coefficient (Wildman–Crippen LogP) is 2.08. The van der Waals surface area contributed by atoms with Gasteiger partial charge in [0.25, 0.3) is 0 Å². The number of amides is 1. The van der Waals surface area contributed by atoms with Crippen molar-refractivity contribution in [3.05, 3.63) is 35.9 Å². The van der Waals surface area contributed by atoms with Crippen LogP contribution in [0.2, 0.25) is 0 Å². The van der Waals surface area contributed by atoms with Crippen LogP contribution in [0.3, 0.4) is 0 Å². The van der Waals surface area contributed by atoms with Gasteiger partial charge in [0.05, 0.1) is 6.04 Å². The molecule has 1 heterocycles. The van der Waals surface area contributed by atoms with Crippen LogP contribution in [0.15, 0.2) is 30.3 Å². The van der Waals surface area contributed by atoms with E-state index >= 15 is 0 Å². The lowest BCUT2D eigenvalue weighted by Crippen LogP contribution is -2.46. The Kier molecular flexibility index (Phi) is 4.25. The van der Waals surface area contributed by atoms with Crippen molar-refractivity contribution in [2.24, 2.45) is 5.92 Å². The zero-order chi connectivity index (χ0) is 13.9. The van der Waals surface area contributed by atoms with Gasteiger partial charge in [-0.2, -0.15) is 0 Å². The van der Waals surface area contributed by atoms with E-state index in [0.717, 1.165) is 13.0 Å². The molecule has 1 aliphatic heterocycles. The molecular formula is C16H24N2O. The van der Waals surface area contributed by atoms with E-state index in [0.29, 0.717) is 12.5 Å². The second-order valence-electron chi connectivity index (χ2n) is 6.17. The van der Waals surface area contributed by atoms with Crippen molar-refractivity contribution in [3.63, 3.8) is 0 Å². The van der Waals surface area contributed by atoms with Crippen LogP contribution < -0.4 is 10.6 Å². The van der Waals surface area contributed by atoms with E-state index in [1.165, 1.54) is 5.56 Å². The first-order valence-corrected chi connectivity index (χ1v) is 7.07. The number of hydrogen-bond acceptors (Lipinski definition) is 2. The number of carbonyl (C=O) groups is 1. The molecule has 1 aromatic rings. The van der Waals surface area contributed by atoms with Crippen LogP contribution in [-0.2, 0) is 10.2 Å². The van der Waals surface area contributed by atoms with Gasteiger partial charge < -0.3 is 10.6 Å². The third-order valence-corrected chi connectivity index (χ3v) is 4.08. The lowest BCUT2D eigenvalue weighted by atomic mass is 9.84. The van der Waals surface area contributed by atoms with Gasteiger partial charge in [-0.15, -0.1) is 0 Å². The third-order valence-electron chi connectivity index (χ3n) is 4.08. The number of carbonyl (C=O) groups excluding carboxylic acids is 1. The molecule has 1 saturated heterocycles. The maximum Gasteiger partial charge on any atom is 0.237 e. The second kappa shape index (κ2) is 5.74. The molecule has 1 aliphatic rings. The summed E-state index contributed by atoms with van der Waals surface area (Å²) in [6.45, 7) is 8.07. The maximum atomic E-state index is 12.2. The highest BCUT2D eigenvalue weighted by Crippen LogP contribution is 2.22. The molecule has 2 rings (SSSR count). The van der Waals surface area contributed by atoms with Crippen molar-refractivity contribution in [1.82, 2.24) is 10.6 Å². The topological polar surface area (TPSA) is 41.1 Å². The van der Waals surface area contributed by atoms with Gasteiger partial charge in [0.1, 0.15) is 0 Å². The summed E-state index contributed by atoms with van der Waals surface area (Å²) in [6, 6.07) is 10.3. The SMILES string of the molecule is CC1CCNC1C(=O)NCC(C)(C)c1ccccc1. The Morgan fingerprint density at radius 3 is 2.63 bits per heavy atom. The average molecular weight is 260 g/mol. The highest BCUT2D eigenvalue weighted by Gasteiger charge is 2.30. The van der Waals surface area contributed by atoms with Crippen molar-refractivity contribution in [1.29, 1.82) is 0 Å². The highest BCUT2D eigenvalue weighted by atomic mass is 16.2. The molecule has 0 aromatic heterocycles. The molecule has 1 amide bonds. The molecule has 1 fully saturated rings. The standard InChI is InChI=1S/C16H24N2O/c1-12-9-10-17-14(12)15(19)18-11-16(2,3)13-7-5-4-6-8-13/h4-8,12,14,17H,9-11H2,1-3H3,(H,18,19). The normalized spacial score (nSPS) is 23.3. The van der Waals surface area contributed by atoms with Gasteiger partial charge in [-0.3, -0.25) is 4.79 Å². The van der Waals surface area contributed by atoms with E-state index in [-0.39, 0.29) is 17.4 Å². The smallest absolute Gasteiger partial charge is 0.237 e. The Bertz CT molecular complexity index is 428. The lowest BCUT2D eigenvalue weighted by Gasteiger charge is -2.27. The Balaban J connectivity index is 1.93. The molecule has 1 aromatic carbocycles. The van der Waals surface area contributed by atoms with Crippen LogP contribution >= 0.6 is 0 Å². The van der Waals surface area contributed by atoms with Gasteiger partial charge in [-0.25, -0.2) is 0 Å². The Morgan fingerprint density at radius 2 is 2.05 bits per heavy atom. The average Bonchev–Trinajstić information content (AvgIpc) is 2.83. The molecular weight excluding hydrogens is 236 g/mol. The molecule has 3 heteroatoms. The molecule has 0 saturated carbocycles. The van der Waals surface area contributed by atoms with E-state index in [1.807, 2.05) is 18.2 Å². The van der Waals surface area contributed by atoms with Gasteiger partial charge in [0, 0.05) is 12.0 Å².